The minimum Gasteiger partial charge on any atom is -0.266 e. The molecule has 0 radical (unpaired) electrons. The van der Waals surface area contributed by atoms with Gasteiger partial charge in [-0.2, -0.15) is 0 Å². The molecule has 0 aliphatic rings. The lowest BCUT2D eigenvalue weighted by Gasteiger charge is -2.04. The van der Waals surface area contributed by atoms with Gasteiger partial charge in [0.2, 0.25) is 0 Å². The molecule has 0 amide bonds. The number of thiazole rings is 1. The number of hydrogen-bond acceptors (Lipinski definition) is 8. The SMILES string of the molecule is Cc1nc(-c2cnccn2)sc1CCON(O)O. The van der Waals surface area contributed by atoms with Gasteiger partial charge in [-0.15, -0.1) is 11.3 Å². The first-order chi connectivity index (χ1) is 8.66. The molecule has 0 saturated carbocycles. The van der Waals surface area contributed by atoms with Crippen LogP contribution in [0.3, 0.4) is 0 Å². The maximum absolute atomic E-state index is 8.42. The fraction of sp³-hybridized carbons (Fsp3) is 0.300. The van der Waals surface area contributed by atoms with E-state index >= 15 is 0 Å². The highest BCUT2D eigenvalue weighted by Gasteiger charge is 2.10. The van der Waals surface area contributed by atoms with Crippen LogP contribution in [0.25, 0.3) is 10.7 Å². The lowest BCUT2D eigenvalue weighted by Crippen LogP contribution is -2.16. The van der Waals surface area contributed by atoms with Gasteiger partial charge in [0.25, 0.3) is 0 Å². The van der Waals surface area contributed by atoms with E-state index < -0.39 is 0 Å². The topological polar surface area (TPSA) is 91.6 Å². The number of nitrogens with zero attached hydrogens (tertiary/aromatic N) is 4. The van der Waals surface area contributed by atoms with Crippen molar-refractivity contribution in [2.45, 2.75) is 13.3 Å². The summed E-state index contributed by atoms with van der Waals surface area (Å²) in [5.74, 6) is 0. The highest BCUT2D eigenvalue weighted by molar-refractivity contribution is 7.15. The third-order valence-corrected chi connectivity index (χ3v) is 3.45. The van der Waals surface area contributed by atoms with E-state index in [1.165, 1.54) is 11.3 Å². The van der Waals surface area contributed by atoms with Crippen LogP contribution in [-0.2, 0) is 11.3 Å². The average Bonchev–Trinajstić information content (AvgIpc) is 2.72. The van der Waals surface area contributed by atoms with Crippen molar-refractivity contribution in [3.63, 3.8) is 0 Å². The smallest absolute Gasteiger partial charge is 0.143 e. The van der Waals surface area contributed by atoms with Crippen molar-refractivity contribution in [1.29, 1.82) is 0 Å². The second-order valence-electron chi connectivity index (χ2n) is 3.45. The molecule has 0 unspecified atom stereocenters. The summed E-state index contributed by atoms with van der Waals surface area (Å²) in [4.78, 5) is 18.1. The van der Waals surface area contributed by atoms with E-state index in [1.54, 1.807) is 18.6 Å². The van der Waals surface area contributed by atoms with Crippen molar-refractivity contribution in [3.05, 3.63) is 29.2 Å². The number of hydrogen-bond donors (Lipinski definition) is 2. The summed E-state index contributed by atoms with van der Waals surface area (Å²) < 4.78 is 0. The third-order valence-electron chi connectivity index (χ3n) is 2.21. The van der Waals surface area contributed by atoms with Gasteiger partial charge in [-0.3, -0.25) is 25.2 Å². The monoisotopic (exact) mass is 268 g/mol. The summed E-state index contributed by atoms with van der Waals surface area (Å²) in [7, 11) is 0. The quantitative estimate of drug-likeness (QED) is 0.793. The highest BCUT2D eigenvalue weighted by atomic mass is 32.1. The van der Waals surface area contributed by atoms with Crippen molar-refractivity contribution >= 4 is 11.3 Å². The van der Waals surface area contributed by atoms with Gasteiger partial charge in [-0.05, 0) is 6.92 Å². The molecule has 18 heavy (non-hydrogen) atoms. The summed E-state index contributed by atoms with van der Waals surface area (Å²) in [5.41, 5.74) is 1.61. The minimum absolute atomic E-state index is 0.163. The molecule has 7 nitrogen and oxygen atoms in total. The molecule has 0 aliphatic heterocycles. The van der Waals surface area contributed by atoms with E-state index in [4.69, 9.17) is 10.4 Å². The Morgan fingerprint density at radius 2 is 2.22 bits per heavy atom. The summed E-state index contributed by atoms with van der Waals surface area (Å²) in [6.45, 7) is 2.05. The Labute approximate surface area is 107 Å². The van der Waals surface area contributed by atoms with Crippen molar-refractivity contribution in [3.8, 4) is 10.7 Å². The van der Waals surface area contributed by atoms with Crippen LogP contribution >= 0.6 is 11.3 Å². The largest absolute Gasteiger partial charge is 0.266 e. The second kappa shape index (κ2) is 5.94. The Bertz CT molecular complexity index is 503. The molecule has 2 aromatic rings. The maximum Gasteiger partial charge on any atom is 0.143 e. The zero-order valence-electron chi connectivity index (χ0n) is 9.65. The number of rotatable bonds is 5. The minimum atomic E-state index is -0.292. The molecule has 8 heteroatoms. The molecule has 2 rings (SSSR count). The van der Waals surface area contributed by atoms with Gasteiger partial charge in [0, 0.05) is 23.7 Å². The molecule has 0 aliphatic carbocycles. The van der Waals surface area contributed by atoms with Gasteiger partial charge in [0.1, 0.15) is 10.7 Å². The molecule has 0 atom stereocenters. The summed E-state index contributed by atoms with van der Waals surface area (Å²) in [6.07, 6.45) is 5.42. The molecule has 2 N–H and O–H groups in total. The summed E-state index contributed by atoms with van der Waals surface area (Å²) in [6, 6.07) is 0. The Kier molecular flexibility index (Phi) is 4.28. The van der Waals surface area contributed by atoms with Crippen molar-refractivity contribution in [2.75, 3.05) is 6.61 Å². The molecular weight excluding hydrogens is 256 g/mol. The zero-order chi connectivity index (χ0) is 13.0. The number of aromatic nitrogens is 3. The highest BCUT2D eigenvalue weighted by Crippen LogP contribution is 2.26. The maximum atomic E-state index is 8.42. The first kappa shape index (κ1) is 13.0. The van der Waals surface area contributed by atoms with Gasteiger partial charge >= 0.3 is 0 Å². The molecule has 0 spiro atoms. The summed E-state index contributed by atoms with van der Waals surface area (Å²) >= 11 is 1.49. The van der Waals surface area contributed by atoms with Gasteiger partial charge < -0.3 is 0 Å². The fourth-order valence-electron chi connectivity index (χ4n) is 1.40. The lowest BCUT2D eigenvalue weighted by atomic mass is 10.3. The number of aryl methyl sites for hydroxylation is 1. The lowest BCUT2D eigenvalue weighted by molar-refractivity contribution is -0.492. The van der Waals surface area contributed by atoms with Crippen molar-refractivity contribution in [2.24, 2.45) is 0 Å². The second-order valence-corrected chi connectivity index (χ2v) is 4.54. The molecule has 0 aromatic carbocycles. The van der Waals surface area contributed by atoms with Crippen molar-refractivity contribution in [1.82, 2.24) is 20.3 Å². The molecule has 0 saturated heterocycles. The summed E-state index contributed by atoms with van der Waals surface area (Å²) in [5, 5.41) is 17.3. The first-order valence-electron chi connectivity index (χ1n) is 5.20. The van der Waals surface area contributed by atoms with Crippen LogP contribution in [0.15, 0.2) is 18.6 Å². The molecule has 96 valence electrons. The van der Waals surface area contributed by atoms with Crippen LogP contribution < -0.4 is 0 Å². The van der Waals surface area contributed by atoms with E-state index in [9.17, 15) is 0 Å². The van der Waals surface area contributed by atoms with Gasteiger partial charge in [-0.1, -0.05) is 0 Å². The Hall–Kier alpha value is -1.45. The normalized spacial score (nSPS) is 11.1. The average molecular weight is 268 g/mol. The van der Waals surface area contributed by atoms with Crippen molar-refractivity contribution < 1.29 is 15.3 Å². The van der Waals surface area contributed by atoms with Gasteiger partial charge in [-0.25, -0.2) is 4.98 Å². The third kappa shape index (κ3) is 3.28. The molecule has 0 fully saturated rings. The Balaban J connectivity index is 2.08. The van der Waals surface area contributed by atoms with E-state index in [2.05, 4.69) is 19.8 Å². The van der Waals surface area contributed by atoms with E-state index in [-0.39, 0.29) is 12.0 Å². The molecule has 2 aromatic heterocycles. The first-order valence-corrected chi connectivity index (χ1v) is 6.02. The van der Waals surface area contributed by atoms with Gasteiger partial charge in [0.05, 0.1) is 23.9 Å². The Morgan fingerprint density at radius 3 is 2.89 bits per heavy atom. The predicted octanol–water partition coefficient (Wildman–Crippen LogP) is 1.46. The van der Waals surface area contributed by atoms with E-state index in [1.807, 2.05) is 6.92 Å². The molecule has 0 bridgehead atoms. The van der Waals surface area contributed by atoms with E-state index in [0.717, 1.165) is 21.3 Å². The van der Waals surface area contributed by atoms with Crippen LogP contribution in [0, 0.1) is 6.92 Å². The van der Waals surface area contributed by atoms with E-state index in [0.29, 0.717) is 6.42 Å². The predicted molar refractivity (Wildman–Crippen MR) is 62.9 cm³/mol. The molecular formula is C10H12N4O3S. The van der Waals surface area contributed by atoms with Crippen LogP contribution in [-0.4, -0.2) is 37.4 Å². The van der Waals surface area contributed by atoms with Crippen LogP contribution in [0.1, 0.15) is 10.6 Å². The van der Waals surface area contributed by atoms with Gasteiger partial charge in [0.15, 0.2) is 0 Å². The van der Waals surface area contributed by atoms with Crippen LogP contribution in [0.4, 0.5) is 0 Å². The molecule has 2 heterocycles. The zero-order valence-corrected chi connectivity index (χ0v) is 10.5. The standard InChI is InChI=1S/C10H12N4O3S/c1-7-9(2-5-17-14(15)16)18-10(13-7)8-6-11-3-4-12-8/h3-4,6,15-16H,2,5H2,1H3. The fourth-order valence-corrected chi connectivity index (χ4v) is 2.40. The Morgan fingerprint density at radius 1 is 1.39 bits per heavy atom. The van der Waals surface area contributed by atoms with Crippen LogP contribution in [0.5, 0.6) is 0 Å². The van der Waals surface area contributed by atoms with Crippen LogP contribution in [0.2, 0.25) is 0 Å².